The first-order valence-corrected chi connectivity index (χ1v) is 9.06. The van der Waals surface area contributed by atoms with Crippen molar-refractivity contribution in [2.24, 2.45) is 0 Å². The minimum atomic E-state index is -0.166. The van der Waals surface area contributed by atoms with Gasteiger partial charge in [0.1, 0.15) is 5.52 Å². The van der Waals surface area contributed by atoms with Crippen LogP contribution in [0.25, 0.3) is 5.52 Å². The number of aryl methyl sites for hydroxylation is 2. The third kappa shape index (κ3) is 3.27. The zero-order valence-corrected chi connectivity index (χ0v) is 15.2. The van der Waals surface area contributed by atoms with Gasteiger partial charge in [0, 0.05) is 25.7 Å². The Balaban J connectivity index is 1.58. The Morgan fingerprint density at radius 2 is 2.00 bits per heavy atom. The van der Waals surface area contributed by atoms with Gasteiger partial charge in [-0.2, -0.15) is 5.10 Å². The monoisotopic (exact) mass is 349 g/mol. The SMILES string of the molecule is Cc1cccc(CNC(=O)c2cc3c(N4CCCC4)nc(C)cn3n2)c1. The van der Waals surface area contributed by atoms with Crippen molar-refractivity contribution < 1.29 is 4.79 Å². The molecule has 1 amide bonds. The van der Waals surface area contributed by atoms with Crippen molar-refractivity contribution in [3.8, 4) is 0 Å². The molecular formula is C20H23N5O. The maximum atomic E-state index is 12.6. The van der Waals surface area contributed by atoms with Crippen LogP contribution in [0.15, 0.2) is 36.5 Å². The van der Waals surface area contributed by atoms with E-state index in [1.165, 1.54) is 18.4 Å². The molecular weight excluding hydrogens is 326 g/mol. The molecule has 0 aliphatic carbocycles. The van der Waals surface area contributed by atoms with Crippen LogP contribution in [0.4, 0.5) is 5.82 Å². The molecule has 1 N–H and O–H groups in total. The number of hydrogen-bond donors (Lipinski definition) is 1. The molecule has 26 heavy (non-hydrogen) atoms. The number of aromatic nitrogens is 3. The third-order valence-corrected chi connectivity index (χ3v) is 4.73. The Hall–Kier alpha value is -2.89. The minimum Gasteiger partial charge on any atom is -0.355 e. The molecule has 0 unspecified atom stereocenters. The highest BCUT2D eigenvalue weighted by atomic mass is 16.1. The second-order valence-corrected chi connectivity index (χ2v) is 6.93. The van der Waals surface area contributed by atoms with E-state index in [0.29, 0.717) is 12.2 Å². The van der Waals surface area contributed by atoms with Crippen LogP contribution in [0.1, 0.15) is 40.2 Å². The lowest BCUT2D eigenvalue weighted by Gasteiger charge is -2.17. The van der Waals surface area contributed by atoms with E-state index in [9.17, 15) is 4.79 Å². The fourth-order valence-corrected chi connectivity index (χ4v) is 3.46. The van der Waals surface area contributed by atoms with E-state index >= 15 is 0 Å². The lowest BCUT2D eigenvalue weighted by Crippen LogP contribution is -2.23. The number of carbonyl (C=O) groups excluding carboxylic acids is 1. The van der Waals surface area contributed by atoms with Gasteiger partial charge in [0.15, 0.2) is 11.5 Å². The molecule has 2 aromatic heterocycles. The normalized spacial score (nSPS) is 14.2. The summed E-state index contributed by atoms with van der Waals surface area (Å²) in [6.07, 6.45) is 4.23. The Kier molecular flexibility index (Phi) is 4.32. The van der Waals surface area contributed by atoms with E-state index in [1.807, 2.05) is 44.3 Å². The largest absolute Gasteiger partial charge is 0.355 e. The molecule has 0 saturated carbocycles. The van der Waals surface area contributed by atoms with Gasteiger partial charge in [-0.05, 0) is 32.3 Å². The van der Waals surface area contributed by atoms with Crippen molar-refractivity contribution >= 4 is 17.2 Å². The van der Waals surface area contributed by atoms with E-state index in [4.69, 9.17) is 4.98 Å². The van der Waals surface area contributed by atoms with Crippen LogP contribution in [-0.2, 0) is 6.54 Å². The number of fused-ring (bicyclic) bond motifs is 1. The van der Waals surface area contributed by atoms with Gasteiger partial charge in [0.05, 0.1) is 11.9 Å². The number of hydrogen-bond acceptors (Lipinski definition) is 4. The Morgan fingerprint density at radius 1 is 1.19 bits per heavy atom. The Bertz CT molecular complexity index is 956. The zero-order chi connectivity index (χ0) is 18.1. The fraction of sp³-hybridized carbons (Fsp3) is 0.350. The summed E-state index contributed by atoms with van der Waals surface area (Å²) in [6, 6.07) is 9.96. The predicted molar refractivity (Wildman–Crippen MR) is 102 cm³/mol. The number of nitrogens with one attached hydrogen (secondary N) is 1. The molecule has 6 heteroatoms. The van der Waals surface area contributed by atoms with Gasteiger partial charge in [-0.3, -0.25) is 4.79 Å². The highest BCUT2D eigenvalue weighted by molar-refractivity contribution is 5.94. The van der Waals surface area contributed by atoms with Crippen molar-refractivity contribution in [1.82, 2.24) is 19.9 Å². The zero-order valence-electron chi connectivity index (χ0n) is 15.2. The molecule has 0 bridgehead atoms. The standard InChI is InChI=1S/C20H23N5O/c1-14-6-5-7-16(10-14)12-21-20(26)17-11-18-19(24-8-3-4-9-24)22-15(2)13-25(18)23-17/h5-7,10-11,13H,3-4,8-9,12H2,1-2H3,(H,21,26). The van der Waals surface area contributed by atoms with Gasteiger partial charge < -0.3 is 10.2 Å². The third-order valence-electron chi connectivity index (χ3n) is 4.73. The van der Waals surface area contributed by atoms with Crippen LogP contribution < -0.4 is 10.2 Å². The van der Waals surface area contributed by atoms with E-state index in [-0.39, 0.29) is 5.91 Å². The fourth-order valence-electron chi connectivity index (χ4n) is 3.46. The van der Waals surface area contributed by atoms with Crippen LogP contribution in [0.5, 0.6) is 0 Å². The topological polar surface area (TPSA) is 62.5 Å². The molecule has 0 spiro atoms. The number of benzene rings is 1. The predicted octanol–water partition coefficient (Wildman–Crippen LogP) is 2.88. The Labute approximate surface area is 152 Å². The molecule has 1 saturated heterocycles. The summed E-state index contributed by atoms with van der Waals surface area (Å²) in [5.41, 5.74) is 4.47. The van der Waals surface area contributed by atoms with E-state index in [2.05, 4.69) is 21.4 Å². The molecule has 0 radical (unpaired) electrons. The van der Waals surface area contributed by atoms with Crippen molar-refractivity contribution in [1.29, 1.82) is 0 Å². The second-order valence-electron chi connectivity index (χ2n) is 6.93. The van der Waals surface area contributed by atoms with Crippen LogP contribution >= 0.6 is 0 Å². The van der Waals surface area contributed by atoms with Gasteiger partial charge in [0.2, 0.25) is 0 Å². The smallest absolute Gasteiger partial charge is 0.272 e. The molecule has 3 heterocycles. The maximum absolute atomic E-state index is 12.6. The summed E-state index contributed by atoms with van der Waals surface area (Å²) in [4.78, 5) is 19.5. The highest BCUT2D eigenvalue weighted by Crippen LogP contribution is 2.24. The second kappa shape index (κ2) is 6.78. The summed E-state index contributed by atoms with van der Waals surface area (Å²) >= 11 is 0. The Morgan fingerprint density at radius 3 is 2.77 bits per heavy atom. The molecule has 6 nitrogen and oxygen atoms in total. The lowest BCUT2D eigenvalue weighted by molar-refractivity contribution is 0.0945. The van der Waals surface area contributed by atoms with Crippen LogP contribution in [-0.4, -0.2) is 33.6 Å². The average molecular weight is 349 g/mol. The molecule has 1 fully saturated rings. The van der Waals surface area contributed by atoms with Gasteiger partial charge in [-0.1, -0.05) is 29.8 Å². The summed E-state index contributed by atoms with van der Waals surface area (Å²) < 4.78 is 1.78. The van der Waals surface area contributed by atoms with Crippen LogP contribution in [0, 0.1) is 13.8 Å². The number of rotatable bonds is 4. The number of amides is 1. The molecule has 0 atom stereocenters. The van der Waals surface area contributed by atoms with Crippen molar-refractivity contribution in [3.05, 3.63) is 59.0 Å². The first-order valence-electron chi connectivity index (χ1n) is 9.06. The molecule has 134 valence electrons. The molecule has 1 aliphatic heterocycles. The first-order chi connectivity index (χ1) is 12.6. The van der Waals surface area contributed by atoms with Gasteiger partial charge in [-0.15, -0.1) is 0 Å². The van der Waals surface area contributed by atoms with Crippen LogP contribution in [0.2, 0.25) is 0 Å². The van der Waals surface area contributed by atoms with E-state index < -0.39 is 0 Å². The van der Waals surface area contributed by atoms with Gasteiger partial charge >= 0.3 is 0 Å². The number of carbonyl (C=O) groups is 1. The van der Waals surface area contributed by atoms with Gasteiger partial charge in [0.25, 0.3) is 5.91 Å². The quantitative estimate of drug-likeness (QED) is 0.787. The number of anilines is 1. The average Bonchev–Trinajstić information content (AvgIpc) is 3.28. The molecule has 4 rings (SSSR count). The lowest BCUT2D eigenvalue weighted by atomic mass is 10.1. The minimum absolute atomic E-state index is 0.166. The number of nitrogens with zero attached hydrogens (tertiary/aromatic N) is 4. The van der Waals surface area contributed by atoms with Gasteiger partial charge in [-0.25, -0.2) is 9.50 Å². The highest BCUT2D eigenvalue weighted by Gasteiger charge is 2.20. The first kappa shape index (κ1) is 16.6. The molecule has 1 aromatic carbocycles. The van der Waals surface area contributed by atoms with Crippen molar-refractivity contribution in [2.45, 2.75) is 33.2 Å². The summed E-state index contributed by atoms with van der Waals surface area (Å²) in [5, 5.41) is 7.43. The molecule has 1 aliphatic rings. The van der Waals surface area contributed by atoms with Crippen molar-refractivity contribution in [3.63, 3.8) is 0 Å². The van der Waals surface area contributed by atoms with E-state index in [1.54, 1.807) is 4.52 Å². The van der Waals surface area contributed by atoms with Crippen LogP contribution in [0.3, 0.4) is 0 Å². The summed E-state index contributed by atoms with van der Waals surface area (Å²) in [6.45, 7) is 6.50. The maximum Gasteiger partial charge on any atom is 0.272 e. The summed E-state index contributed by atoms with van der Waals surface area (Å²) in [7, 11) is 0. The molecule has 3 aromatic rings. The summed E-state index contributed by atoms with van der Waals surface area (Å²) in [5.74, 6) is 0.757. The van der Waals surface area contributed by atoms with E-state index in [0.717, 1.165) is 35.7 Å². The van der Waals surface area contributed by atoms with Crippen molar-refractivity contribution in [2.75, 3.05) is 18.0 Å².